The molecule has 8 atom stereocenters. The monoisotopic (exact) mass is 552 g/mol. The third-order valence-electron chi connectivity index (χ3n) is 8.44. The second-order valence-electron chi connectivity index (χ2n) is 11.1. The van der Waals surface area contributed by atoms with Gasteiger partial charge in [-0.3, -0.25) is 9.59 Å². The van der Waals surface area contributed by atoms with Gasteiger partial charge in [0, 0.05) is 18.4 Å². The normalized spacial score (nSPS) is 41.1. The molecule has 0 aromatic rings. The lowest BCUT2D eigenvalue weighted by molar-refractivity contribution is -0.368. The molecule has 5 fully saturated rings. The van der Waals surface area contributed by atoms with Crippen LogP contribution < -0.4 is 0 Å². The second-order valence-corrected chi connectivity index (χ2v) is 11.1. The molecule has 2 spiro atoms. The molecule has 5 aliphatic rings. The molecule has 39 heavy (non-hydrogen) atoms. The van der Waals surface area contributed by atoms with Gasteiger partial charge in [0.1, 0.15) is 36.8 Å². The molecule has 0 bridgehead atoms. The zero-order valence-corrected chi connectivity index (χ0v) is 23.1. The molecule has 0 aromatic heterocycles. The summed E-state index contributed by atoms with van der Waals surface area (Å²) in [7, 11) is 0. The Morgan fingerprint density at radius 1 is 0.846 bits per heavy atom. The Morgan fingerprint density at radius 3 is 2.08 bits per heavy atom. The second kappa shape index (κ2) is 11.1. The van der Waals surface area contributed by atoms with Crippen molar-refractivity contribution in [2.75, 3.05) is 26.4 Å². The maximum absolute atomic E-state index is 13.0. The molecule has 11 nitrogen and oxygen atoms in total. The molecule has 2 saturated carbocycles. The van der Waals surface area contributed by atoms with E-state index in [1.165, 1.54) is 0 Å². The minimum atomic E-state index is -1.54. The lowest BCUT2D eigenvalue weighted by Gasteiger charge is -2.48. The van der Waals surface area contributed by atoms with Crippen molar-refractivity contribution in [2.24, 2.45) is 11.8 Å². The highest BCUT2D eigenvalue weighted by molar-refractivity contribution is 5.87. The van der Waals surface area contributed by atoms with Gasteiger partial charge in [0.15, 0.2) is 11.6 Å². The first-order valence-corrected chi connectivity index (χ1v) is 14.2. The van der Waals surface area contributed by atoms with Crippen LogP contribution in [0, 0.1) is 11.8 Å². The zero-order valence-electron chi connectivity index (χ0n) is 23.1. The minimum Gasteiger partial charge on any atom is -0.466 e. The highest BCUT2D eigenvalue weighted by Gasteiger charge is 2.73. The first kappa shape index (κ1) is 28.5. The third-order valence-corrected chi connectivity index (χ3v) is 8.44. The smallest absolute Gasteiger partial charge is 0.333 e. The molecule has 0 amide bonds. The molecule has 3 saturated heterocycles. The molecule has 0 radical (unpaired) electrons. The molecular formula is C28H40O11. The summed E-state index contributed by atoms with van der Waals surface area (Å²) in [6.45, 7) is 9.07. The predicted octanol–water partition coefficient (Wildman–Crippen LogP) is 2.93. The highest BCUT2D eigenvalue weighted by Crippen LogP contribution is 2.56. The molecule has 6 unspecified atom stereocenters. The van der Waals surface area contributed by atoms with E-state index in [9.17, 15) is 14.4 Å². The number of ether oxygens (including phenoxy) is 8. The van der Waals surface area contributed by atoms with E-state index in [2.05, 4.69) is 6.58 Å². The molecule has 3 aliphatic heterocycles. The van der Waals surface area contributed by atoms with Crippen LogP contribution in [-0.2, 0) is 52.3 Å². The Hall–Kier alpha value is -2.05. The van der Waals surface area contributed by atoms with E-state index in [-0.39, 0.29) is 38.0 Å². The van der Waals surface area contributed by atoms with Crippen molar-refractivity contribution in [3.8, 4) is 0 Å². The van der Waals surface area contributed by atoms with Gasteiger partial charge in [-0.15, -0.1) is 0 Å². The summed E-state index contributed by atoms with van der Waals surface area (Å²) in [5.74, 6) is -6.67. The predicted molar refractivity (Wildman–Crippen MR) is 133 cm³/mol. The Labute approximate surface area is 228 Å². The van der Waals surface area contributed by atoms with Crippen LogP contribution in [0.4, 0.5) is 0 Å². The minimum absolute atomic E-state index is 0.133. The number of fused-ring (bicyclic) bond motifs is 3. The van der Waals surface area contributed by atoms with Gasteiger partial charge in [-0.2, -0.15) is 0 Å². The van der Waals surface area contributed by atoms with E-state index in [1.54, 1.807) is 20.8 Å². The summed E-state index contributed by atoms with van der Waals surface area (Å²) in [5.41, 5.74) is 0.229. The van der Waals surface area contributed by atoms with Crippen LogP contribution in [0.1, 0.15) is 72.1 Å². The first-order valence-electron chi connectivity index (χ1n) is 14.2. The van der Waals surface area contributed by atoms with Crippen molar-refractivity contribution in [3.63, 3.8) is 0 Å². The van der Waals surface area contributed by atoms with Crippen molar-refractivity contribution in [2.45, 2.75) is 108 Å². The summed E-state index contributed by atoms with van der Waals surface area (Å²) < 4.78 is 48.9. The van der Waals surface area contributed by atoms with Crippen LogP contribution in [0.3, 0.4) is 0 Å². The molecular weight excluding hydrogens is 512 g/mol. The van der Waals surface area contributed by atoms with E-state index in [4.69, 9.17) is 37.9 Å². The number of carbonyl (C=O) groups excluding carboxylic acids is 3. The topological polar surface area (TPSA) is 125 Å². The van der Waals surface area contributed by atoms with E-state index in [0.29, 0.717) is 25.7 Å². The maximum atomic E-state index is 13.0. The summed E-state index contributed by atoms with van der Waals surface area (Å²) in [6, 6.07) is 0. The zero-order chi connectivity index (χ0) is 27.8. The molecule has 3 heterocycles. The van der Waals surface area contributed by atoms with Gasteiger partial charge in [-0.1, -0.05) is 19.4 Å². The van der Waals surface area contributed by atoms with Gasteiger partial charge >= 0.3 is 17.9 Å². The van der Waals surface area contributed by atoms with Crippen LogP contribution in [0.2, 0.25) is 0 Å². The standard InChI is InChI=1S/C28H40O11/c1-5-32-24(30)18-11-7-9-13-26(18)35-15-20-21(37-26)22-28(36-20,16-34-23(29)17(3)4)39-27(38-22)14-10-8-12-19(27)25(31)33-6-2/h18-22H,3,5-16H2,1-2,4H3/t18?,19?,20?,21-,22?,26?,27?,28+/m1/s1. The van der Waals surface area contributed by atoms with E-state index in [1.807, 2.05) is 0 Å². The van der Waals surface area contributed by atoms with Gasteiger partial charge in [0.2, 0.25) is 5.79 Å². The van der Waals surface area contributed by atoms with Gasteiger partial charge < -0.3 is 37.9 Å². The fourth-order valence-electron chi connectivity index (χ4n) is 6.68. The van der Waals surface area contributed by atoms with E-state index >= 15 is 0 Å². The number of hydrogen-bond donors (Lipinski definition) is 0. The van der Waals surface area contributed by atoms with Crippen LogP contribution in [0.25, 0.3) is 0 Å². The van der Waals surface area contributed by atoms with Gasteiger partial charge in [-0.25, -0.2) is 4.79 Å². The lowest BCUT2D eigenvalue weighted by atomic mass is 9.82. The van der Waals surface area contributed by atoms with Crippen LogP contribution >= 0.6 is 0 Å². The van der Waals surface area contributed by atoms with Crippen LogP contribution in [-0.4, -0.2) is 80.0 Å². The molecule has 2 aliphatic carbocycles. The van der Waals surface area contributed by atoms with Gasteiger partial charge in [0.25, 0.3) is 0 Å². The fraction of sp³-hybridized carbons (Fsp3) is 0.821. The number of rotatable bonds is 7. The largest absolute Gasteiger partial charge is 0.466 e. The third kappa shape index (κ3) is 5.01. The maximum Gasteiger partial charge on any atom is 0.333 e. The van der Waals surface area contributed by atoms with Crippen molar-refractivity contribution in [1.29, 1.82) is 0 Å². The molecule has 0 aromatic carbocycles. The van der Waals surface area contributed by atoms with E-state index < -0.39 is 59.4 Å². The molecule has 218 valence electrons. The van der Waals surface area contributed by atoms with Crippen molar-refractivity contribution >= 4 is 17.9 Å². The quantitative estimate of drug-likeness (QED) is 0.263. The number of esters is 3. The van der Waals surface area contributed by atoms with Gasteiger partial charge in [0.05, 0.1) is 19.8 Å². The summed E-state index contributed by atoms with van der Waals surface area (Å²) in [5, 5.41) is 0. The molecule has 0 N–H and O–H groups in total. The van der Waals surface area contributed by atoms with Crippen molar-refractivity contribution in [1.82, 2.24) is 0 Å². The molecule has 5 rings (SSSR count). The fourth-order valence-corrected chi connectivity index (χ4v) is 6.68. The number of hydrogen-bond acceptors (Lipinski definition) is 11. The Kier molecular flexibility index (Phi) is 8.09. The lowest BCUT2D eigenvalue weighted by Crippen LogP contribution is -2.60. The van der Waals surface area contributed by atoms with Crippen molar-refractivity contribution < 1.29 is 52.3 Å². The van der Waals surface area contributed by atoms with E-state index in [0.717, 1.165) is 25.7 Å². The number of carbonyl (C=O) groups is 3. The average molecular weight is 553 g/mol. The SMILES string of the molecule is C=C(C)C(=O)OC[C@@]12OC3COC4(CCCCC4C(=O)OCC)O[C@H]3C1OC1(CCCCC1C(=O)OCC)O2. The summed E-state index contributed by atoms with van der Waals surface area (Å²) in [4.78, 5) is 38.3. The Bertz CT molecular complexity index is 983. The van der Waals surface area contributed by atoms with Crippen LogP contribution in [0.5, 0.6) is 0 Å². The average Bonchev–Trinajstić information content (AvgIpc) is 3.37. The highest BCUT2D eigenvalue weighted by atomic mass is 16.9. The molecule has 11 heteroatoms. The first-order chi connectivity index (χ1) is 18.7. The van der Waals surface area contributed by atoms with Gasteiger partial charge in [-0.05, 0) is 46.5 Å². The Balaban J connectivity index is 1.47. The summed E-state index contributed by atoms with van der Waals surface area (Å²) >= 11 is 0. The summed E-state index contributed by atoms with van der Waals surface area (Å²) in [6.07, 6.45) is 3.20. The Morgan fingerprint density at radius 2 is 1.46 bits per heavy atom. The van der Waals surface area contributed by atoms with Crippen molar-refractivity contribution in [3.05, 3.63) is 12.2 Å². The van der Waals surface area contributed by atoms with Crippen LogP contribution in [0.15, 0.2) is 12.2 Å².